The average Bonchev–Trinajstić information content (AvgIpc) is 2.34. The first-order valence-corrected chi connectivity index (χ1v) is 6.85. The summed E-state index contributed by atoms with van der Waals surface area (Å²) in [5.74, 6) is 0.212. The van der Waals surface area contributed by atoms with Gasteiger partial charge in [-0.25, -0.2) is 4.39 Å². The molecule has 0 amide bonds. The fraction of sp³-hybridized carbons (Fsp3) is 0.538. The standard InChI is InChI=1S/C13H19FO2S/c1-2-3-8-16-9-11(15)10-17-13-7-5-4-6-12(13)14/h4-7,11,15H,2-3,8-10H2,1H3. The van der Waals surface area contributed by atoms with Crippen LogP contribution in [0.3, 0.4) is 0 Å². The maximum Gasteiger partial charge on any atom is 0.136 e. The molecule has 17 heavy (non-hydrogen) atoms. The number of aliphatic hydroxyl groups is 1. The van der Waals surface area contributed by atoms with Gasteiger partial charge in [0.1, 0.15) is 5.82 Å². The molecule has 0 aliphatic heterocycles. The lowest BCUT2D eigenvalue weighted by Crippen LogP contribution is -2.18. The Morgan fingerprint density at radius 2 is 2.18 bits per heavy atom. The summed E-state index contributed by atoms with van der Waals surface area (Å²) in [5.41, 5.74) is 0. The Kier molecular flexibility index (Phi) is 7.24. The van der Waals surface area contributed by atoms with Crippen LogP contribution < -0.4 is 0 Å². The van der Waals surface area contributed by atoms with Gasteiger partial charge in [0.15, 0.2) is 0 Å². The van der Waals surface area contributed by atoms with E-state index >= 15 is 0 Å². The molecule has 0 saturated heterocycles. The highest BCUT2D eigenvalue weighted by Gasteiger charge is 2.07. The van der Waals surface area contributed by atoms with E-state index in [1.807, 2.05) is 0 Å². The van der Waals surface area contributed by atoms with E-state index in [9.17, 15) is 9.50 Å². The fourth-order valence-electron chi connectivity index (χ4n) is 1.26. The van der Waals surface area contributed by atoms with E-state index in [1.165, 1.54) is 17.8 Å². The monoisotopic (exact) mass is 258 g/mol. The van der Waals surface area contributed by atoms with Crippen molar-refractivity contribution in [1.82, 2.24) is 0 Å². The number of aliphatic hydroxyl groups excluding tert-OH is 1. The van der Waals surface area contributed by atoms with Crippen LogP contribution in [0.5, 0.6) is 0 Å². The Bertz CT molecular complexity index is 320. The van der Waals surface area contributed by atoms with Gasteiger partial charge in [0.05, 0.1) is 12.7 Å². The van der Waals surface area contributed by atoms with Crippen LogP contribution in [0.1, 0.15) is 19.8 Å². The van der Waals surface area contributed by atoms with Gasteiger partial charge in [-0.15, -0.1) is 11.8 Å². The maximum atomic E-state index is 13.3. The van der Waals surface area contributed by atoms with E-state index in [2.05, 4.69) is 6.92 Å². The molecule has 0 aliphatic rings. The van der Waals surface area contributed by atoms with Crippen molar-refractivity contribution in [2.75, 3.05) is 19.0 Å². The predicted octanol–water partition coefficient (Wildman–Crippen LogP) is 3.10. The highest BCUT2D eigenvalue weighted by molar-refractivity contribution is 7.99. The van der Waals surface area contributed by atoms with Gasteiger partial charge in [-0.2, -0.15) is 0 Å². The molecular weight excluding hydrogens is 239 g/mol. The van der Waals surface area contributed by atoms with Gasteiger partial charge in [-0.05, 0) is 18.6 Å². The summed E-state index contributed by atoms with van der Waals surface area (Å²) < 4.78 is 18.6. The van der Waals surface area contributed by atoms with Crippen LogP contribution in [0, 0.1) is 5.82 Å². The molecule has 4 heteroatoms. The van der Waals surface area contributed by atoms with Crippen molar-refractivity contribution in [2.45, 2.75) is 30.8 Å². The molecule has 0 fully saturated rings. The minimum absolute atomic E-state index is 0.239. The van der Waals surface area contributed by atoms with Gasteiger partial charge < -0.3 is 9.84 Å². The van der Waals surface area contributed by atoms with Crippen LogP contribution in [0.2, 0.25) is 0 Å². The highest BCUT2D eigenvalue weighted by Crippen LogP contribution is 2.21. The number of halogens is 1. The van der Waals surface area contributed by atoms with E-state index in [-0.39, 0.29) is 5.82 Å². The third-order valence-electron chi connectivity index (χ3n) is 2.22. The van der Waals surface area contributed by atoms with Gasteiger partial charge in [0.25, 0.3) is 0 Å². The van der Waals surface area contributed by atoms with Crippen molar-refractivity contribution in [3.05, 3.63) is 30.1 Å². The molecule has 1 unspecified atom stereocenters. The normalized spacial score (nSPS) is 12.6. The van der Waals surface area contributed by atoms with Crippen molar-refractivity contribution in [1.29, 1.82) is 0 Å². The van der Waals surface area contributed by atoms with Crippen LogP contribution in [0.25, 0.3) is 0 Å². The predicted molar refractivity (Wildman–Crippen MR) is 68.9 cm³/mol. The van der Waals surface area contributed by atoms with Crippen molar-refractivity contribution in [2.24, 2.45) is 0 Å². The zero-order valence-electron chi connectivity index (χ0n) is 10.1. The number of hydrogen-bond acceptors (Lipinski definition) is 3. The number of ether oxygens (including phenoxy) is 1. The summed E-state index contributed by atoms with van der Waals surface area (Å²) in [6, 6.07) is 6.58. The highest BCUT2D eigenvalue weighted by atomic mass is 32.2. The van der Waals surface area contributed by atoms with Gasteiger partial charge >= 0.3 is 0 Å². The molecule has 0 spiro atoms. The number of hydrogen-bond donors (Lipinski definition) is 1. The van der Waals surface area contributed by atoms with Gasteiger partial charge in [-0.1, -0.05) is 25.5 Å². The third-order valence-corrected chi connectivity index (χ3v) is 3.41. The number of unbranched alkanes of at least 4 members (excludes halogenated alkanes) is 1. The van der Waals surface area contributed by atoms with E-state index < -0.39 is 6.10 Å². The van der Waals surface area contributed by atoms with Crippen LogP contribution in [0.4, 0.5) is 4.39 Å². The molecule has 2 nitrogen and oxygen atoms in total. The van der Waals surface area contributed by atoms with Crippen molar-refractivity contribution in [3.8, 4) is 0 Å². The zero-order valence-corrected chi connectivity index (χ0v) is 10.9. The SMILES string of the molecule is CCCCOCC(O)CSc1ccccc1F. The van der Waals surface area contributed by atoms with E-state index in [1.54, 1.807) is 18.2 Å². The van der Waals surface area contributed by atoms with E-state index in [0.29, 0.717) is 23.9 Å². The van der Waals surface area contributed by atoms with Crippen molar-refractivity contribution in [3.63, 3.8) is 0 Å². The summed E-state index contributed by atoms with van der Waals surface area (Å²) in [6.07, 6.45) is 1.55. The van der Waals surface area contributed by atoms with Gasteiger partial charge in [0, 0.05) is 17.3 Å². The fourth-order valence-corrected chi connectivity index (χ4v) is 2.11. The Balaban J connectivity index is 2.19. The first-order valence-electron chi connectivity index (χ1n) is 5.87. The van der Waals surface area contributed by atoms with Crippen molar-refractivity contribution < 1.29 is 14.2 Å². The molecule has 0 aromatic heterocycles. The lowest BCUT2D eigenvalue weighted by molar-refractivity contribution is 0.0473. The van der Waals surface area contributed by atoms with Crippen LogP contribution in [-0.4, -0.2) is 30.2 Å². The summed E-state index contributed by atoms with van der Waals surface area (Å²) in [4.78, 5) is 0.570. The number of rotatable bonds is 8. The second kappa shape index (κ2) is 8.50. The lowest BCUT2D eigenvalue weighted by atomic mass is 10.3. The molecule has 96 valence electrons. The van der Waals surface area contributed by atoms with Crippen LogP contribution in [0.15, 0.2) is 29.2 Å². The minimum Gasteiger partial charge on any atom is -0.390 e. The second-order valence-electron chi connectivity index (χ2n) is 3.82. The molecule has 1 rings (SSSR count). The third kappa shape index (κ3) is 6.05. The molecule has 0 bridgehead atoms. The van der Waals surface area contributed by atoms with Gasteiger partial charge in [-0.3, -0.25) is 0 Å². The summed E-state index contributed by atoms with van der Waals surface area (Å²) in [5, 5.41) is 9.63. The summed E-state index contributed by atoms with van der Waals surface area (Å²) in [6.45, 7) is 3.09. The minimum atomic E-state index is -0.545. The van der Waals surface area contributed by atoms with E-state index in [4.69, 9.17) is 4.74 Å². The zero-order chi connectivity index (χ0) is 12.5. The molecule has 0 aliphatic carbocycles. The van der Waals surface area contributed by atoms with Crippen LogP contribution in [-0.2, 0) is 4.74 Å². The Hall–Kier alpha value is -0.580. The van der Waals surface area contributed by atoms with Crippen molar-refractivity contribution >= 4 is 11.8 Å². The Morgan fingerprint density at radius 1 is 1.41 bits per heavy atom. The second-order valence-corrected chi connectivity index (χ2v) is 4.89. The molecular formula is C13H19FO2S. The molecule has 1 aromatic rings. The lowest BCUT2D eigenvalue weighted by Gasteiger charge is -2.11. The summed E-state index contributed by atoms with van der Waals surface area (Å²) in [7, 11) is 0. The number of benzene rings is 1. The molecule has 1 aromatic carbocycles. The Morgan fingerprint density at radius 3 is 2.88 bits per heavy atom. The molecule has 1 N–H and O–H groups in total. The largest absolute Gasteiger partial charge is 0.390 e. The topological polar surface area (TPSA) is 29.5 Å². The quantitative estimate of drug-likeness (QED) is 0.574. The first-order chi connectivity index (χ1) is 8.24. The smallest absolute Gasteiger partial charge is 0.136 e. The molecule has 0 heterocycles. The molecule has 1 atom stereocenters. The Labute approximate surface area is 106 Å². The van der Waals surface area contributed by atoms with Crippen LogP contribution >= 0.6 is 11.8 Å². The average molecular weight is 258 g/mol. The van der Waals surface area contributed by atoms with E-state index in [0.717, 1.165) is 12.8 Å². The first kappa shape index (κ1) is 14.5. The number of thioether (sulfide) groups is 1. The molecule has 0 radical (unpaired) electrons. The summed E-state index contributed by atoms with van der Waals surface area (Å²) >= 11 is 1.31. The van der Waals surface area contributed by atoms with Gasteiger partial charge in [0.2, 0.25) is 0 Å². The molecule has 0 saturated carbocycles. The maximum absolute atomic E-state index is 13.3.